The summed E-state index contributed by atoms with van der Waals surface area (Å²) in [5.74, 6) is 1.53. The van der Waals surface area contributed by atoms with Gasteiger partial charge in [0.25, 0.3) is 0 Å². The van der Waals surface area contributed by atoms with Gasteiger partial charge in [0, 0.05) is 41.5 Å². The molecule has 0 bridgehead atoms. The second-order valence-corrected chi connectivity index (χ2v) is 7.88. The monoisotopic (exact) mass is 418 g/mol. The fraction of sp³-hybridized carbons (Fsp3) is 0.167. The van der Waals surface area contributed by atoms with Crippen LogP contribution in [0.1, 0.15) is 32.7 Å². The Kier molecular flexibility index (Phi) is 4.77. The fourth-order valence-electron chi connectivity index (χ4n) is 3.84. The maximum Gasteiger partial charge on any atom is 0.232 e. The molecule has 3 aromatic rings. The number of Topliss-reactive ketones (excluding diaryl/α,β-unsaturated/α-hetero) is 1. The summed E-state index contributed by atoms with van der Waals surface area (Å²) < 4.78 is 12.0. The lowest BCUT2D eigenvalue weighted by Crippen LogP contribution is -2.32. The maximum absolute atomic E-state index is 13.0. The Bertz CT molecular complexity index is 1160. The van der Waals surface area contributed by atoms with Crippen LogP contribution in [0.5, 0.6) is 11.5 Å². The first-order valence-corrected chi connectivity index (χ1v) is 10.1. The summed E-state index contributed by atoms with van der Waals surface area (Å²) in [6.07, 6.45) is 3.36. The summed E-state index contributed by atoms with van der Waals surface area (Å²) in [7, 11) is 0. The normalized spacial score (nSPS) is 16.7. The fourth-order valence-corrected chi connectivity index (χ4v) is 3.97. The van der Waals surface area contributed by atoms with E-state index in [1.54, 1.807) is 12.3 Å². The highest BCUT2D eigenvalue weighted by molar-refractivity contribution is 6.30. The molecular weight excluding hydrogens is 400 g/mol. The van der Waals surface area contributed by atoms with Crippen LogP contribution < -0.4 is 9.47 Å². The number of ketones is 1. The van der Waals surface area contributed by atoms with Gasteiger partial charge in [-0.15, -0.1) is 0 Å². The highest BCUT2D eigenvalue weighted by Gasteiger charge is 2.33. The number of ether oxygens (including phenoxy) is 2. The zero-order valence-corrected chi connectivity index (χ0v) is 17.1. The van der Waals surface area contributed by atoms with E-state index in [2.05, 4.69) is 9.88 Å². The molecule has 0 atom stereocenters. The van der Waals surface area contributed by atoms with Gasteiger partial charge in [-0.3, -0.25) is 14.7 Å². The number of benzene rings is 2. The van der Waals surface area contributed by atoms with Crippen LogP contribution in [-0.2, 0) is 13.1 Å². The van der Waals surface area contributed by atoms with Gasteiger partial charge in [-0.25, -0.2) is 0 Å². The van der Waals surface area contributed by atoms with Crippen LogP contribution in [0, 0.1) is 6.92 Å². The Balaban J connectivity index is 1.42. The molecule has 6 heteroatoms. The standard InChI is InChI=1S/C24H19ClN2O3/c1-15-23-17(13-27(14-29-23)12-16-5-7-18(25)8-6-16)10-20-22(28)21(30-24(15)20)11-19-4-2-3-9-26-19/h2-11H,12-14H2,1H3/b21-11-. The molecule has 0 spiro atoms. The molecule has 2 aromatic carbocycles. The zero-order chi connectivity index (χ0) is 20.7. The average Bonchev–Trinajstić information content (AvgIpc) is 3.06. The minimum absolute atomic E-state index is 0.128. The molecule has 3 heterocycles. The van der Waals surface area contributed by atoms with Crippen molar-refractivity contribution >= 4 is 23.5 Å². The lowest BCUT2D eigenvalue weighted by molar-refractivity contribution is 0.0876. The molecule has 0 amide bonds. The van der Waals surface area contributed by atoms with Crippen molar-refractivity contribution < 1.29 is 14.3 Å². The maximum atomic E-state index is 13.0. The minimum atomic E-state index is -0.128. The van der Waals surface area contributed by atoms with E-state index in [1.807, 2.05) is 55.5 Å². The number of pyridine rings is 1. The number of carbonyl (C=O) groups excluding carboxylic acids is 1. The van der Waals surface area contributed by atoms with Crippen LogP contribution in [0.2, 0.25) is 5.02 Å². The first-order chi connectivity index (χ1) is 14.6. The summed E-state index contributed by atoms with van der Waals surface area (Å²) in [6.45, 7) is 3.84. The van der Waals surface area contributed by atoms with Gasteiger partial charge in [0.15, 0.2) is 5.76 Å². The summed E-state index contributed by atoms with van der Waals surface area (Å²) >= 11 is 5.98. The molecular formula is C24H19ClN2O3. The third-order valence-electron chi connectivity index (χ3n) is 5.29. The molecule has 5 rings (SSSR count). The molecule has 0 saturated heterocycles. The van der Waals surface area contributed by atoms with Crippen molar-refractivity contribution in [3.05, 3.63) is 93.5 Å². The third kappa shape index (κ3) is 3.47. The average molecular weight is 419 g/mol. The predicted molar refractivity (Wildman–Crippen MR) is 115 cm³/mol. The van der Waals surface area contributed by atoms with Gasteiger partial charge in [0.05, 0.1) is 11.3 Å². The number of carbonyl (C=O) groups is 1. The van der Waals surface area contributed by atoms with E-state index in [0.29, 0.717) is 30.3 Å². The highest BCUT2D eigenvalue weighted by atomic mass is 35.5. The van der Waals surface area contributed by atoms with Crippen LogP contribution in [0.3, 0.4) is 0 Å². The van der Waals surface area contributed by atoms with Crippen LogP contribution in [0.4, 0.5) is 0 Å². The molecule has 0 unspecified atom stereocenters. The molecule has 0 fully saturated rings. The smallest absolute Gasteiger partial charge is 0.232 e. The first-order valence-electron chi connectivity index (χ1n) is 9.70. The predicted octanol–water partition coefficient (Wildman–Crippen LogP) is 5.01. The van der Waals surface area contributed by atoms with Crippen LogP contribution in [0.15, 0.2) is 60.5 Å². The number of halogens is 1. The second kappa shape index (κ2) is 7.59. The summed E-state index contributed by atoms with van der Waals surface area (Å²) in [5, 5.41) is 0.721. The van der Waals surface area contributed by atoms with E-state index in [1.165, 1.54) is 0 Å². The van der Waals surface area contributed by atoms with Gasteiger partial charge >= 0.3 is 0 Å². The van der Waals surface area contributed by atoms with Crippen LogP contribution in [0.25, 0.3) is 6.08 Å². The summed E-state index contributed by atoms with van der Waals surface area (Å²) in [4.78, 5) is 19.4. The summed E-state index contributed by atoms with van der Waals surface area (Å²) in [5.41, 5.74) is 4.25. The molecule has 5 nitrogen and oxygen atoms in total. The SMILES string of the molecule is Cc1c2c(cc3c1O/C(=C\c1ccccn1)C3=O)CN(Cc1ccc(Cl)cc1)CO2. The molecule has 0 radical (unpaired) electrons. The van der Waals surface area contributed by atoms with Crippen molar-refractivity contribution in [1.82, 2.24) is 9.88 Å². The first kappa shape index (κ1) is 18.9. The van der Waals surface area contributed by atoms with Crippen LogP contribution in [-0.4, -0.2) is 22.4 Å². The topological polar surface area (TPSA) is 51.7 Å². The van der Waals surface area contributed by atoms with Gasteiger partial charge in [-0.05, 0) is 42.8 Å². The van der Waals surface area contributed by atoms with Crippen molar-refractivity contribution in [1.29, 1.82) is 0 Å². The quantitative estimate of drug-likeness (QED) is 0.559. The third-order valence-corrected chi connectivity index (χ3v) is 5.54. The van der Waals surface area contributed by atoms with E-state index in [0.717, 1.165) is 34.0 Å². The molecule has 0 saturated carbocycles. The van der Waals surface area contributed by atoms with E-state index in [4.69, 9.17) is 21.1 Å². The van der Waals surface area contributed by atoms with Gasteiger partial charge < -0.3 is 9.47 Å². The zero-order valence-electron chi connectivity index (χ0n) is 16.4. The van der Waals surface area contributed by atoms with Crippen molar-refractivity contribution in [3.8, 4) is 11.5 Å². The molecule has 150 valence electrons. The molecule has 2 aliphatic rings. The minimum Gasteiger partial charge on any atom is -0.477 e. The van der Waals surface area contributed by atoms with E-state index in [9.17, 15) is 4.79 Å². The van der Waals surface area contributed by atoms with Crippen molar-refractivity contribution in [2.24, 2.45) is 0 Å². The Hall–Kier alpha value is -3.15. The number of fused-ring (bicyclic) bond motifs is 2. The van der Waals surface area contributed by atoms with Crippen molar-refractivity contribution in [2.75, 3.05) is 6.73 Å². The number of aromatic nitrogens is 1. The van der Waals surface area contributed by atoms with E-state index >= 15 is 0 Å². The van der Waals surface area contributed by atoms with Gasteiger partial charge in [0.2, 0.25) is 5.78 Å². The van der Waals surface area contributed by atoms with Crippen molar-refractivity contribution in [2.45, 2.75) is 20.0 Å². The molecule has 0 aliphatic carbocycles. The van der Waals surface area contributed by atoms with Gasteiger partial charge in [-0.1, -0.05) is 29.8 Å². The van der Waals surface area contributed by atoms with E-state index < -0.39 is 0 Å². The van der Waals surface area contributed by atoms with Gasteiger partial charge in [-0.2, -0.15) is 0 Å². The number of nitrogens with zero attached hydrogens (tertiary/aromatic N) is 2. The Morgan fingerprint density at radius 2 is 2.00 bits per heavy atom. The molecule has 2 aliphatic heterocycles. The number of rotatable bonds is 3. The Morgan fingerprint density at radius 1 is 1.17 bits per heavy atom. The van der Waals surface area contributed by atoms with E-state index in [-0.39, 0.29) is 11.5 Å². The second-order valence-electron chi connectivity index (χ2n) is 7.45. The van der Waals surface area contributed by atoms with Crippen molar-refractivity contribution in [3.63, 3.8) is 0 Å². The lowest BCUT2D eigenvalue weighted by atomic mass is 10.00. The number of hydrogen-bond donors (Lipinski definition) is 0. The molecule has 0 N–H and O–H groups in total. The Labute approximate surface area is 179 Å². The molecule has 30 heavy (non-hydrogen) atoms. The van der Waals surface area contributed by atoms with Crippen LogP contribution >= 0.6 is 11.6 Å². The Morgan fingerprint density at radius 3 is 2.77 bits per heavy atom. The molecule has 1 aromatic heterocycles. The number of allylic oxidation sites excluding steroid dienone is 1. The largest absolute Gasteiger partial charge is 0.477 e. The number of hydrogen-bond acceptors (Lipinski definition) is 5. The van der Waals surface area contributed by atoms with Gasteiger partial charge in [0.1, 0.15) is 18.2 Å². The highest BCUT2D eigenvalue weighted by Crippen LogP contribution is 2.43. The summed E-state index contributed by atoms with van der Waals surface area (Å²) in [6, 6.07) is 15.2. The lowest BCUT2D eigenvalue weighted by Gasteiger charge is -2.30.